The number of hydrogen-bond donors (Lipinski definition) is 14. The van der Waals surface area contributed by atoms with Gasteiger partial charge in [-0.05, 0) is 57.8 Å². The number of aliphatic hydroxyl groups excluding tert-OH is 6. The molecule has 0 radical (unpaired) electrons. The highest BCUT2D eigenvalue weighted by Crippen LogP contribution is 2.24. The summed E-state index contributed by atoms with van der Waals surface area (Å²) in [5, 5.41) is 81.5. The average molecular weight is 1150 g/mol. The molecule has 0 aromatic rings. The fourth-order valence-corrected chi connectivity index (χ4v) is 8.37. The van der Waals surface area contributed by atoms with Crippen LogP contribution in [0.2, 0.25) is 0 Å². The molecule has 2 saturated heterocycles. The van der Waals surface area contributed by atoms with E-state index in [9.17, 15) is 69.0 Å². The molecule has 0 saturated carbocycles. The number of amides is 8. The number of carbonyl (C=O) groups excluding carboxylic acids is 8. The molecule has 2 heterocycles. The van der Waals surface area contributed by atoms with Gasteiger partial charge in [0.25, 0.3) is 0 Å². The van der Waals surface area contributed by atoms with Crippen molar-refractivity contribution < 1.29 is 102 Å². The van der Waals surface area contributed by atoms with Crippen LogP contribution in [-0.2, 0) is 71.5 Å². The molecule has 0 aliphatic carbocycles. The van der Waals surface area contributed by atoms with Crippen molar-refractivity contribution in [2.24, 2.45) is 0 Å². The molecule has 14 N–H and O–H groups in total. The molecule has 2 fully saturated rings. The molecule has 0 aromatic carbocycles. The summed E-state index contributed by atoms with van der Waals surface area (Å²) in [5.74, 6) is -2.79. The van der Waals surface area contributed by atoms with Crippen molar-refractivity contribution >= 4 is 47.3 Å². The van der Waals surface area contributed by atoms with E-state index in [1.807, 2.05) is 0 Å². The Labute approximate surface area is 467 Å². The highest BCUT2D eigenvalue weighted by molar-refractivity contribution is 5.80. The van der Waals surface area contributed by atoms with Crippen LogP contribution in [-0.4, -0.2) is 245 Å². The van der Waals surface area contributed by atoms with Gasteiger partial charge in [-0.3, -0.25) is 38.4 Å². The number of carbonyl (C=O) groups is 8. The van der Waals surface area contributed by atoms with E-state index >= 15 is 0 Å². The van der Waals surface area contributed by atoms with Gasteiger partial charge in [-0.2, -0.15) is 0 Å². The Morgan fingerprint density at radius 3 is 1.41 bits per heavy atom. The maximum Gasteiger partial charge on any atom is 0.245 e. The molecule has 11 atom stereocenters. The molecule has 2 aliphatic heterocycles. The van der Waals surface area contributed by atoms with Gasteiger partial charge < -0.3 is 106 Å². The third-order valence-corrected chi connectivity index (χ3v) is 12.6. The average Bonchev–Trinajstić information content (AvgIpc) is 3.41. The second-order valence-corrected chi connectivity index (χ2v) is 19.5. The summed E-state index contributed by atoms with van der Waals surface area (Å²) < 4.78 is 38.1. The first-order valence-electron chi connectivity index (χ1n) is 27.7. The molecule has 0 bridgehead atoms. The van der Waals surface area contributed by atoms with E-state index in [2.05, 4.69) is 42.5 Å². The Hall–Kier alpha value is -4.76. The number of nitrogens with one attached hydrogen (secondary N) is 8. The van der Waals surface area contributed by atoms with Crippen LogP contribution in [0.3, 0.4) is 0 Å². The largest absolute Gasteiger partial charge is 0.394 e. The highest BCUT2D eigenvalue weighted by Gasteiger charge is 2.46. The second kappa shape index (κ2) is 43.0. The summed E-state index contributed by atoms with van der Waals surface area (Å²) >= 11 is 0. The van der Waals surface area contributed by atoms with Crippen molar-refractivity contribution in [2.45, 2.75) is 177 Å². The Morgan fingerprint density at radius 2 is 0.900 bits per heavy atom. The van der Waals surface area contributed by atoms with Gasteiger partial charge in [0, 0.05) is 98.6 Å². The summed E-state index contributed by atoms with van der Waals surface area (Å²) in [6.07, 6.45) is -3.18. The zero-order chi connectivity index (χ0) is 59.1. The van der Waals surface area contributed by atoms with Crippen molar-refractivity contribution in [3.8, 4) is 0 Å². The molecule has 0 spiro atoms. The third kappa shape index (κ3) is 31.5. The summed E-state index contributed by atoms with van der Waals surface area (Å²) in [4.78, 5) is 98.3. The Kier molecular flexibility index (Phi) is 38.3. The topological polar surface area (TPSA) is 419 Å². The van der Waals surface area contributed by atoms with Crippen LogP contribution in [0.1, 0.15) is 110 Å². The minimum absolute atomic E-state index is 0.00426. The van der Waals surface area contributed by atoms with Crippen LogP contribution in [0.15, 0.2) is 0 Å². The van der Waals surface area contributed by atoms with Gasteiger partial charge in [0.1, 0.15) is 61.9 Å². The monoisotopic (exact) mass is 1150 g/mol. The molecule has 2 rings (SSSR count). The molecular weight excluding hydrogens is 1060 g/mol. The quantitative estimate of drug-likeness (QED) is 0.0256. The maximum absolute atomic E-state index is 13.0. The zero-order valence-corrected chi connectivity index (χ0v) is 46.7. The fourth-order valence-electron chi connectivity index (χ4n) is 8.37. The smallest absolute Gasteiger partial charge is 0.245 e. The minimum atomic E-state index is -1.45. The summed E-state index contributed by atoms with van der Waals surface area (Å²) in [6.45, 7) is 3.06. The lowest BCUT2D eigenvalue weighted by Gasteiger charge is -2.42. The van der Waals surface area contributed by atoms with Crippen molar-refractivity contribution in [2.75, 3.05) is 99.3 Å². The molecule has 29 nitrogen and oxygen atoms in total. The van der Waals surface area contributed by atoms with Crippen molar-refractivity contribution in [1.29, 1.82) is 0 Å². The second-order valence-electron chi connectivity index (χ2n) is 19.5. The molecular formula is C51H92N8O21. The Bertz CT molecular complexity index is 1810. The van der Waals surface area contributed by atoms with Gasteiger partial charge >= 0.3 is 0 Å². The summed E-state index contributed by atoms with van der Waals surface area (Å²) in [6, 6.07) is -2.62. The Balaban J connectivity index is 1.61. The first-order chi connectivity index (χ1) is 38.4. The van der Waals surface area contributed by atoms with Gasteiger partial charge in [-0.1, -0.05) is 12.8 Å². The van der Waals surface area contributed by atoms with Crippen LogP contribution in [0.5, 0.6) is 0 Å². The normalized spacial score (nSPS) is 23.0. The van der Waals surface area contributed by atoms with Crippen molar-refractivity contribution in [3.63, 3.8) is 0 Å². The van der Waals surface area contributed by atoms with Crippen molar-refractivity contribution in [1.82, 2.24) is 42.5 Å². The van der Waals surface area contributed by atoms with E-state index in [-0.39, 0.29) is 121 Å². The lowest BCUT2D eigenvalue weighted by Crippen LogP contribution is -2.64. The number of unbranched alkanes of at least 4 members (excludes halogenated alkanes) is 5. The van der Waals surface area contributed by atoms with Gasteiger partial charge in [0.2, 0.25) is 47.3 Å². The summed E-state index contributed by atoms with van der Waals surface area (Å²) in [7, 11) is 1.65. The molecule has 0 aromatic heterocycles. The molecule has 8 amide bonds. The number of rotatable bonds is 44. The van der Waals surface area contributed by atoms with Crippen molar-refractivity contribution in [3.05, 3.63) is 0 Å². The minimum Gasteiger partial charge on any atom is -0.394 e. The first kappa shape index (κ1) is 71.3. The van der Waals surface area contributed by atoms with Crippen LogP contribution < -0.4 is 42.5 Å². The zero-order valence-electron chi connectivity index (χ0n) is 46.7. The Morgan fingerprint density at radius 1 is 0.463 bits per heavy atom. The van der Waals surface area contributed by atoms with Gasteiger partial charge in [-0.15, -0.1) is 0 Å². The number of hydrogen-bond acceptors (Lipinski definition) is 21. The lowest BCUT2D eigenvalue weighted by atomic mass is 9.97. The van der Waals surface area contributed by atoms with Crippen LogP contribution in [0.4, 0.5) is 0 Å². The first-order valence-corrected chi connectivity index (χ1v) is 27.7. The van der Waals surface area contributed by atoms with E-state index in [1.165, 1.54) is 13.8 Å². The van der Waals surface area contributed by atoms with Crippen LogP contribution in [0.25, 0.3) is 0 Å². The number of aliphatic hydroxyl groups is 6. The summed E-state index contributed by atoms with van der Waals surface area (Å²) in [5.41, 5.74) is 0. The van der Waals surface area contributed by atoms with E-state index < -0.39 is 98.3 Å². The van der Waals surface area contributed by atoms with E-state index in [1.54, 1.807) is 7.11 Å². The number of ether oxygens (including phenoxy) is 7. The standard InChI is InChI=1S/C51H92N8O21/c1-33(62)57-44-48(72)46(70)36(29-60)79-50(44)77-24-11-7-15-38(64)55-21-26-75-31-42(68)53-19-9-6-14-35(28-41(67)52-18-8-4-5-10-23-74-3)59-40(66)16-12-20-54-43(69)32-76-27-22-56-39(65)17-13-25-78-51-45(58-34(2)63)49(73)47(71)37(30-61)80-51/h35-37,44-51,60-61,70-73H,4-32H2,1-3H3,(H,52,67)(H,53,68)(H,54,69)(H,55,64)(H,56,65)(H,57,62)(H,58,63)(H,59,66)/t35-,36?,37?,44?,45?,46-,47-,48+,49+,50+,51+/m0/s1. The van der Waals surface area contributed by atoms with Gasteiger partial charge in [-0.25, -0.2) is 0 Å². The third-order valence-electron chi connectivity index (χ3n) is 12.6. The fraction of sp³-hybridized carbons (Fsp3) is 0.843. The molecule has 4 unspecified atom stereocenters. The lowest BCUT2D eigenvalue weighted by molar-refractivity contribution is -0.270. The van der Waals surface area contributed by atoms with Gasteiger partial charge in [0.05, 0.1) is 33.0 Å². The van der Waals surface area contributed by atoms with E-state index in [0.29, 0.717) is 58.2 Å². The molecule has 462 valence electrons. The molecule has 29 heteroatoms. The number of methoxy groups -OCH3 is 1. The highest BCUT2D eigenvalue weighted by atomic mass is 16.7. The maximum atomic E-state index is 13.0. The van der Waals surface area contributed by atoms with E-state index in [0.717, 1.165) is 25.7 Å². The SMILES string of the molecule is COCCCCCCNC(=O)C[C@H](CCCCNC(=O)COCCNC(=O)CCCCO[C@@H]1OC(CO)[C@H](O)[C@H](O)C1NC(C)=O)NC(=O)CCCNC(=O)COCCNC(=O)CCCO[C@@H]1OC(CO)[C@H](O)[C@H](O)C1NC(C)=O. The van der Waals surface area contributed by atoms with Gasteiger partial charge in [0.15, 0.2) is 12.6 Å². The molecule has 80 heavy (non-hydrogen) atoms. The van der Waals surface area contributed by atoms with Crippen LogP contribution in [0, 0.1) is 0 Å². The predicted octanol–water partition coefficient (Wildman–Crippen LogP) is -4.50. The van der Waals surface area contributed by atoms with E-state index in [4.69, 9.17) is 33.2 Å². The molecule has 2 aliphatic rings. The predicted molar refractivity (Wildman–Crippen MR) is 282 cm³/mol. The van der Waals surface area contributed by atoms with Crippen LogP contribution >= 0.6 is 0 Å².